The van der Waals surface area contributed by atoms with Gasteiger partial charge < -0.3 is 4.74 Å². The van der Waals surface area contributed by atoms with Crippen molar-refractivity contribution in [2.24, 2.45) is 0 Å². The van der Waals surface area contributed by atoms with E-state index >= 15 is 0 Å². The number of rotatable bonds is 3. The van der Waals surface area contributed by atoms with Crippen molar-refractivity contribution in [3.63, 3.8) is 0 Å². The van der Waals surface area contributed by atoms with Gasteiger partial charge >= 0.3 is 0 Å². The third-order valence-electron chi connectivity index (χ3n) is 1.47. The van der Waals surface area contributed by atoms with E-state index in [4.69, 9.17) is 10.00 Å². The normalized spacial score (nSPS) is 9.31. The van der Waals surface area contributed by atoms with Gasteiger partial charge in [0.1, 0.15) is 17.6 Å². The quantitative estimate of drug-likeness (QED) is 0.711. The van der Waals surface area contributed by atoms with Crippen molar-refractivity contribution in [1.29, 1.82) is 5.26 Å². The first-order valence-electron chi connectivity index (χ1n) is 3.89. The predicted molar refractivity (Wildman–Crippen MR) is 46.6 cm³/mol. The SMILES string of the molecule is [CH2]CCOc1ccc(C#N)c(F)c1. The second-order valence-corrected chi connectivity index (χ2v) is 2.46. The summed E-state index contributed by atoms with van der Waals surface area (Å²) < 4.78 is 18.1. The number of nitriles is 1. The van der Waals surface area contributed by atoms with E-state index < -0.39 is 5.82 Å². The Morgan fingerprint density at radius 3 is 2.85 bits per heavy atom. The fourth-order valence-corrected chi connectivity index (χ4v) is 0.866. The monoisotopic (exact) mass is 178 g/mol. The van der Waals surface area contributed by atoms with Gasteiger partial charge in [-0.2, -0.15) is 5.26 Å². The summed E-state index contributed by atoms with van der Waals surface area (Å²) in [6.07, 6.45) is 0.627. The molecule has 1 aromatic rings. The largest absolute Gasteiger partial charge is 0.493 e. The maximum atomic E-state index is 13.0. The minimum absolute atomic E-state index is 0.0296. The van der Waals surface area contributed by atoms with E-state index in [2.05, 4.69) is 6.92 Å². The molecule has 0 atom stereocenters. The lowest BCUT2D eigenvalue weighted by molar-refractivity contribution is 0.322. The lowest BCUT2D eigenvalue weighted by Gasteiger charge is -2.03. The summed E-state index contributed by atoms with van der Waals surface area (Å²) in [6, 6.07) is 5.90. The molecule has 1 aromatic carbocycles. The van der Waals surface area contributed by atoms with Gasteiger partial charge in [0, 0.05) is 6.07 Å². The molecule has 0 saturated heterocycles. The standard InChI is InChI=1S/C10H9FNO/c1-2-5-13-9-4-3-8(7-12)10(11)6-9/h3-4,6H,1-2,5H2. The Morgan fingerprint density at radius 1 is 1.54 bits per heavy atom. The van der Waals surface area contributed by atoms with Gasteiger partial charge in [0.05, 0.1) is 12.2 Å². The Kier molecular flexibility index (Phi) is 3.27. The molecule has 0 fully saturated rings. The van der Waals surface area contributed by atoms with Crippen LogP contribution in [0.15, 0.2) is 18.2 Å². The molecular weight excluding hydrogens is 169 g/mol. The zero-order valence-electron chi connectivity index (χ0n) is 7.09. The van der Waals surface area contributed by atoms with Crippen molar-refractivity contribution in [2.75, 3.05) is 6.61 Å². The number of ether oxygens (including phenoxy) is 1. The van der Waals surface area contributed by atoms with Gasteiger partial charge in [-0.3, -0.25) is 0 Å². The van der Waals surface area contributed by atoms with Gasteiger partial charge in [0.15, 0.2) is 0 Å². The van der Waals surface area contributed by atoms with Crippen LogP contribution in [0.3, 0.4) is 0 Å². The first kappa shape index (κ1) is 9.53. The van der Waals surface area contributed by atoms with Crippen LogP contribution in [-0.4, -0.2) is 6.61 Å². The third-order valence-corrected chi connectivity index (χ3v) is 1.47. The first-order chi connectivity index (χ1) is 6.27. The van der Waals surface area contributed by atoms with Gasteiger partial charge in [-0.05, 0) is 25.5 Å². The summed E-state index contributed by atoms with van der Waals surface area (Å²) in [4.78, 5) is 0. The summed E-state index contributed by atoms with van der Waals surface area (Å²) in [6.45, 7) is 4.04. The molecule has 0 amide bonds. The van der Waals surface area contributed by atoms with E-state index in [0.29, 0.717) is 18.8 Å². The zero-order chi connectivity index (χ0) is 9.68. The van der Waals surface area contributed by atoms with Gasteiger partial charge in [-0.15, -0.1) is 0 Å². The Bertz CT molecular complexity index is 330. The fraction of sp³-hybridized carbons (Fsp3) is 0.200. The molecule has 0 aromatic heterocycles. The van der Waals surface area contributed by atoms with Crippen LogP contribution in [0, 0.1) is 24.1 Å². The molecule has 3 heteroatoms. The van der Waals surface area contributed by atoms with E-state index in [1.807, 2.05) is 0 Å². The molecule has 0 aliphatic heterocycles. The summed E-state index contributed by atoms with van der Waals surface area (Å²) in [7, 11) is 0. The average molecular weight is 178 g/mol. The van der Waals surface area contributed by atoms with E-state index in [-0.39, 0.29) is 5.56 Å². The molecule has 0 saturated carbocycles. The number of halogens is 1. The van der Waals surface area contributed by atoms with Crippen molar-refractivity contribution < 1.29 is 9.13 Å². The van der Waals surface area contributed by atoms with Crippen molar-refractivity contribution in [1.82, 2.24) is 0 Å². The smallest absolute Gasteiger partial charge is 0.144 e. The molecule has 0 spiro atoms. The molecule has 67 valence electrons. The maximum absolute atomic E-state index is 13.0. The molecule has 0 heterocycles. The maximum Gasteiger partial charge on any atom is 0.144 e. The number of hydrogen-bond acceptors (Lipinski definition) is 2. The molecular formula is C10H9FNO. The van der Waals surface area contributed by atoms with Gasteiger partial charge in [-0.25, -0.2) is 4.39 Å². The summed E-state index contributed by atoms with van der Waals surface area (Å²) >= 11 is 0. The predicted octanol–water partition coefficient (Wildman–Crippen LogP) is 2.30. The van der Waals surface area contributed by atoms with Crippen LogP contribution in [0.2, 0.25) is 0 Å². The van der Waals surface area contributed by atoms with E-state index in [1.165, 1.54) is 12.1 Å². The molecule has 1 radical (unpaired) electrons. The van der Waals surface area contributed by atoms with Crippen molar-refractivity contribution >= 4 is 0 Å². The van der Waals surface area contributed by atoms with Crippen LogP contribution in [0.5, 0.6) is 5.75 Å². The highest BCUT2D eigenvalue weighted by Gasteiger charge is 2.02. The lowest BCUT2D eigenvalue weighted by Crippen LogP contribution is -1.96. The van der Waals surface area contributed by atoms with Crippen LogP contribution in [0.25, 0.3) is 0 Å². The van der Waals surface area contributed by atoms with Gasteiger partial charge in [0.25, 0.3) is 0 Å². The highest BCUT2D eigenvalue weighted by Crippen LogP contribution is 2.15. The fourth-order valence-electron chi connectivity index (χ4n) is 0.866. The van der Waals surface area contributed by atoms with Gasteiger partial charge in [0.2, 0.25) is 0 Å². The summed E-state index contributed by atoms with van der Waals surface area (Å²) in [5.74, 6) is -0.121. The number of hydrogen-bond donors (Lipinski definition) is 0. The second-order valence-electron chi connectivity index (χ2n) is 2.46. The Morgan fingerprint density at radius 2 is 2.31 bits per heavy atom. The molecule has 0 bridgehead atoms. The molecule has 1 rings (SSSR count). The van der Waals surface area contributed by atoms with Crippen molar-refractivity contribution in [2.45, 2.75) is 6.42 Å². The molecule has 0 unspecified atom stereocenters. The summed E-state index contributed by atoms with van der Waals surface area (Å²) in [5.41, 5.74) is 0.0296. The minimum atomic E-state index is -0.552. The molecule has 0 aliphatic rings. The minimum Gasteiger partial charge on any atom is -0.493 e. The van der Waals surface area contributed by atoms with E-state index in [0.717, 1.165) is 0 Å². The van der Waals surface area contributed by atoms with Crippen molar-refractivity contribution in [3.8, 4) is 11.8 Å². The highest BCUT2D eigenvalue weighted by molar-refractivity contribution is 5.36. The van der Waals surface area contributed by atoms with Crippen LogP contribution >= 0.6 is 0 Å². The van der Waals surface area contributed by atoms with Crippen LogP contribution in [0.4, 0.5) is 4.39 Å². The number of benzene rings is 1. The topological polar surface area (TPSA) is 33.0 Å². The van der Waals surface area contributed by atoms with Crippen molar-refractivity contribution in [3.05, 3.63) is 36.5 Å². The van der Waals surface area contributed by atoms with Crippen LogP contribution in [-0.2, 0) is 0 Å². The van der Waals surface area contributed by atoms with Crippen LogP contribution < -0.4 is 4.74 Å². The molecule has 2 nitrogen and oxygen atoms in total. The Hall–Kier alpha value is -1.56. The lowest BCUT2D eigenvalue weighted by atomic mass is 10.2. The second kappa shape index (κ2) is 4.46. The number of nitrogens with zero attached hydrogens (tertiary/aromatic N) is 1. The highest BCUT2D eigenvalue weighted by atomic mass is 19.1. The Balaban J connectivity index is 2.79. The zero-order valence-corrected chi connectivity index (χ0v) is 7.09. The first-order valence-corrected chi connectivity index (χ1v) is 3.89. The molecule has 13 heavy (non-hydrogen) atoms. The summed E-state index contributed by atoms with van der Waals surface area (Å²) in [5, 5.41) is 8.44. The van der Waals surface area contributed by atoms with E-state index in [1.54, 1.807) is 12.1 Å². The Labute approximate surface area is 76.6 Å². The van der Waals surface area contributed by atoms with Crippen LogP contribution in [0.1, 0.15) is 12.0 Å². The molecule has 0 aliphatic carbocycles. The average Bonchev–Trinajstić information content (AvgIpc) is 2.15. The van der Waals surface area contributed by atoms with Gasteiger partial charge in [-0.1, -0.05) is 0 Å². The third kappa shape index (κ3) is 2.45. The molecule has 0 N–H and O–H groups in total. The van der Waals surface area contributed by atoms with E-state index in [9.17, 15) is 4.39 Å².